The zero-order valence-electron chi connectivity index (χ0n) is 15.1. The van der Waals surface area contributed by atoms with Gasteiger partial charge in [-0.15, -0.1) is 11.3 Å². The van der Waals surface area contributed by atoms with Crippen LogP contribution in [-0.4, -0.2) is 46.6 Å². The minimum Gasteiger partial charge on any atom is -0.493 e. The van der Waals surface area contributed by atoms with Crippen molar-refractivity contribution >= 4 is 21.4 Å². The lowest BCUT2D eigenvalue weighted by atomic mass is 10.1. The first-order valence-corrected chi connectivity index (χ1v) is 10.7. The molecule has 8 heteroatoms. The Hall–Kier alpha value is -1.77. The zero-order valence-corrected chi connectivity index (χ0v) is 16.7. The molecule has 0 radical (unpaired) electrons. The number of hydrogen-bond donors (Lipinski definition) is 0. The highest BCUT2D eigenvalue weighted by atomic mass is 32.2. The average molecular weight is 398 g/mol. The summed E-state index contributed by atoms with van der Waals surface area (Å²) in [7, 11) is 1.25. The summed E-state index contributed by atoms with van der Waals surface area (Å²) in [5, 5.41) is 1.79. The van der Waals surface area contributed by atoms with Crippen LogP contribution in [0.1, 0.15) is 18.4 Å². The molecule has 1 heterocycles. The monoisotopic (exact) mass is 397 g/mol. The lowest BCUT2D eigenvalue weighted by Crippen LogP contribution is -2.34. The van der Waals surface area contributed by atoms with E-state index in [0.717, 1.165) is 18.4 Å². The Bertz CT molecular complexity index is 819. The smallest absolute Gasteiger partial charge is 0.252 e. The Morgan fingerprint density at radius 1 is 1.12 bits per heavy atom. The van der Waals surface area contributed by atoms with Crippen molar-refractivity contribution in [2.75, 3.05) is 27.9 Å². The van der Waals surface area contributed by atoms with Crippen molar-refractivity contribution < 1.29 is 22.6 Å². The summed E-state index contributed by atoms with van der Waals surface area (Å²) < 4.78 is 43.9. The van der Waals surface area contributed by atoms with E-state index in [9.17, 15) is 8.42 Å². The van der Waals surface area contributed by atoms with Crippen molar-refractivity contribution in [3.05, 3.63) is 35.2 Å². The van der Waals surface area contributed by atoms with Gasteiger partial charge in [0, 0.05) is 12.6 Å². The normalized spacial score (nSPS) is 14.5. The summed E-state index contributed by atoms with van der Waals surface area (Å²) in [6.45, 7) is 0.420. The molecule has 0 aliphatic heterocycles. The molecule has 1 aliphatic rings. The van der Waals surface area contributed by atoms with E-state index in [-0.39, 0.29) is 6.04 Å². The van der Waals surface area contributed by atoms with Crippen molar-refractivity contribution in [2.24, 2.45) is 0 Å². The molecule has 26 heavy (non-hydrogen) atoms. The number of sulfonamides is 1. The number of methoxy groups -OCH3 is 3. The third kappa shape index (κ3) is 3.82. The molecular formula is C18H23NO5S2. The molecule has 3 rings (SSSR count). The number of rotatable bonds is 9. The van der Waals surface area contributed by atoms with Crippen LogP contribution in [0.2, 0.25) is 0 Å². The number of ether oxygens (including phenoxy) is 3. The second kappa shape index (κ2) is 7.85. The average Bonchev–Trinajstić information content (AvgIpc) is 3.31. The van der Waals surface area contributed by atoms with E-state index in [1.54, 1.807) is 43.1 Å². The van der Waals surface area contributed by atoms with Crippen molar-refractivity contribution in [1.29, 1.82) is 0 Å². The van der Waals surface area contributed by atoms with Crippen molar-refractivity contribution in [1.82, 2.24) is 4.31 Å². The van der Waals surface area contributed by atoms with Crippen molar-refractivity contribution in [3.8, 4) is 17.2 Å². The lowest BCUT2D eigenvalue weighted by molar-refractivity contribution is 0.323. The van der Waals surface area contributed by atoms with E-state index in [1.807, 2.05) is 12.1 Å². The van der Waals surface area contributed by atoms with Crippen LogP contribution in [0, 0.1) is 0 Å². The van der Waals surface area contributed by atoms with Gasteiger partial charge in [0.05, 0.1) is 21.3 Å². The summed E-state index contributed by atoms with van der Waals surface area (Å²) in [4.78, 5) is 0. The largest absolute Gasteiger partial charge is 0.493 e. The van der Waals surface area contributed by atoms with Gasteiger partial charge in [-0.05, 0) is 48.4 Å². The second-order valence-corrected chi connectivity index (χ2v) is 9.13. The Balaban J connectivity index is 1.82. The first-order chi connectivity index (χ1) is 12.5. The predicted octanol–water partition coefficient (Wildman–Crippen LogP) is 3.17. The fourth-order valence-electron chi connectivity index (χ4n) is 2.91. The van der Waals surface area contributed by atoms with Gasteiger partial charge in [0.2, 0.25) is 5.75 Å². The molecule has 0 amide bonds. The molecule has 0 spiro atoms. The topological polar surface area (TPSA) is 65.1 Å². The SMILES string of the molecule is COc1cc(CCN(C2CC2)S(=O)(=O)c2cccs2)cc(OC)c1OC. The van der Waals surface area contributed by atoms with E-state index in [1.165, 1.54) is 11.3 Å². The highest BCUT2D eigenvalue weighted by Gasteiger charge is 2.38. The van der Waals surface area contributed by atoms with Gasteiger partial charge in [0.15, 0.2) is 11.5 Å². The van der Waals surface area contributed by atoms with Crippen LogP contribution in [0.15, 0.2) is 33.9 Å². The molecule has 0 atom stereocenters. The third-order valence-electron chi connectivity index (χ3n) is 4.36. The van der Waals surface area contributed by atoms with E-state index >= 15 is 0 Å². The summed E-state index contributed by atoms with van der Waals surface area (Å²) in [5.74, 6) is 1.67. The summed E-state index contributed by atoms with van der Waals surface area (Å²) in [6.07, 6.45) is 2.40. The number of thiophene rings is 1. The van der Waals surface area contributed by atoms with Gasteiger partial charge < -0.3 is 14.2 Å². The van der Waals surface area contributed by atoms with Gasteiger partial charge in [-0.25, -0.2) is 8.42 Å². The van der Waals surface area contributed by atoms with Crippen LogP contribution >= 0.6 is 11.3 Å². The molecule has 1 aliphatic carbocycles. The first kappa shape index (κ1) is 19.0. The minimum atomic E-state index is -3.44. The molecule has 1 aromatic carbocycles. The van der Waals surface area contributed by atoms with Gasteiger partial charge in [0.1, 0.15) is 4.21 Å². The standard InChI is InChI=1S/C18H23NO5S2/c1-22-15-11-13(12-16(23-2)18(15)24-3)8-9-19(14-6-7-14)26(20,21)17-5-4-10-25-17/h4-5,10-12,14H,6-9H2,1-3H3. The van der Waals surface area contributed by atoms with Crippen LogP contribution in [0.5, 0.6) is 17.2 Å². The molecular weight excluding hydrogens is 374 g/mol. The molecule has 0 unspecified atom stereocenters. The quantitative estimate of drug-likeness (QED) is 0.650. The fraction of sp³-hybridized carbons (Fsp3) is 0.444. The van der Waals surface area contributed by atoms with E-state index in [4.69, 9.17) is 14.2 Å². The van der Waals surface area contributed by atoms with Crippen LogP contribution < -0.4 is 14.2 Å². The highest BCUT2D eigenvalue weighted by molar-refractivity contribution is 7.91. The predicted molar refractivity (Wildman–Crippen MR) is 101 cm³/mol. The maximum absolute atomic E-state index is 12.9. The summed E-state index contributed by atoms with van der Waals surface area (Å²) >= 11 is 1.26. The molecule has 0 N–H and O–H groups in total. The first-order valence-electron chi connectivity index (χ1n) is 8.35. The van der Waals surface area contributed by atoms with Gasteiger partial charge in [-0.3, -0.25) is 0 Å². The highest BCUT2D eigenvalue weighted by Crippen LogP contribution is 2.39. The Labute approximate surface area is 158 Å². The van der Waals surface area contributed by atoms with Crippen LogP contribution in [0.25, 0.3) is 0 Å². The molecule has 1 aromatic heterocycles. The van der Waals surface area contributed by atoms with Crippen LogP contribution in [-0.2, 0) is 16.4 Å². The molecule has 6 nitrogen and oxygen atoms in total. The molecule has 142 valence electrons. The third-order valence-corrected chi connectivity index (χ3v) is 7.68. The van der Waals surface area contributed by atoms with Crippen LogP contribution in [0.4, 0.5) is 0 Å². The van der Waals surface area contributed by atoms with Crippen molar-refractivity contribution in [3.63, 3.8) is 0 Å². The fourth-order valence-corrected chi connectivity index (χ4v) is 5.71. The van der Waals surface area contributed by atoms with E-state index in [0.29, 0.717) is 34.4 Å². The number of hydrogen-bond acceptors (Lipinski definition) is 6. The maximum atomic E-state index is 12.9. The second-order valence-electron chi connectivity index (χ2n) is 6.06. The van der Waals surface area contributed by atoms with Crippen LogP contribution in [0.3, 0.4) is 0 Å². The Morgan fingerprint density at radius 3 is 2.23 bits per heavy atom. The molecule has 0 bridgehead atoms. The van der Waals surface area contributed by atoms with E-state index < -0.39 is 10.0 Å². The summed E-state index contributed by atoms with van der Waals surface area (Å²) in [6, 6.07) is 7.26. The number of benzene rings is 1. The molecule has 0 saturated heterocycles. The maximum Gasteiger partial charge on any atom is 0.252 e. The summed E-state index contributed by atoms with van der Waals surface area (Å²) in [5.41, 5.74) is 0.937. The zero-order chi connectivity index (χ0) is 18.7. The van der Waals surface area contributed by atoms with Gasteiger partial charge in [-0.2, -0.15) is 4.31 Å². The Kier molecular flexibility index (Phi) is 5.74. The Morgan fingerprint density at radius 2 is 1.77 bits per heavy atom. The molecule has 2 aromatic rings. The van der Waals surface area contributed by atoms with Gasteiger partial charge in [0.25, 0.3) is 10.0 Å². The van der Waals surface area contributed by atoms with Gasteiger partial charge in [-0.1, -0.05) is 6.07 Å². The molecule has 1 saturated carbocycles. The van der Waals surface area contributed by atoms with Crippen molar-refractivity contribution in [2.45, 2.75) is 29.5 Å². The van der Waals surface area contributed by atoms with Gasteiger partial charge >= 0.3 is 0 Å². The number of nitrogens with zero attached hydrogens (tertiary/aromatic N) is 1. The molecule has 1 fully saturated rings. The lowest BCUT2D eigenvalue weighted by Gasteiger charge is -2.21. The van der Waals surface area contributed by atoms with E-state index in [2.05, 4.69) is 0 Å². The minimum absolute atomic E-state index is 0.101.